The summed E-state index contributed by atoms with van der Waals surface area (Å²) < 4.78 is 5.29. The lowest BCUT2D eigenvalue weighted by molar-refractivity contribution is 0.0342. The number of hydrogen-bond donors (Lipinski definition) is 2. The number of phenolic OH excluding ortho intramolecular Hbond substituents is 1. The third kappa shape index (κ3) is 4.22. The van der Waals surface area contributed by atoms with Crippen molar-refractivity contribution in [3.05, 3.63) is 29.8 Å². The van der Waals surface area contributed by atoms with Crippen LogP contribution < -0.4 is 5.32 Å². The minimum Gasteiger partial charge on any atom is -0.508 e. The first-order chi connectivity index (χ1) is 9.15. The molecule has 0 bridgehead atoms. The summed E-state index contributed by atoms with van der Waals surface area (Å²) in [6.45, 7) is 6.18. The highest BCUT2D eigenvalue weighted by Crippen LogP contribution is 2.09. The molecule has 0 spiro atoms. The Morgan fingerprint density at radius 1 is 1.37 bits per heavy atom. The zero-order valence-electron chi connectivity index (χ0n) is 11.1. The molecule has 1 saturated heterocycles. The molecule has 5 heteroatoms. The summed E-state index contributed by atoms with van der Waals surface area (Å²) >= 11 is 0. The number of rotatable bonds is 4. The molecule has 104 valence electrons. The van der Waals surface area contributed by atoms with Gasteiger partial charge in [0, 0.05) is 31.2 Å². The number of phenols is 1. The van der Waals surface area contributed by atoms with Crippen LogP contribution in [-0.4, -0.2) is 54.8 Å². The predicted molar refractivity (Wildman–Crippen MR) is 72.3 cm³/mol. The summed E-state index contributed by atoms with van der Waals surface area (Å²) in [7, 11) is 0. The van der Waals surface area contributed by atoms with E-state index in [9.17, 15) is 9.90 Å². The topological polar surface area (TPSA) is 61.8 Å². The van der Waals surface area contributed by atoms with E-state index in [1.165, 1.54) is 12.1 Å². The first kappa shape index (κ1) is 13.8. The van der Waals surface area contributed by atoms with E-state index < -0.39 is 0 Å². The van der Waals surface area contributed by atoms with Gasteiger partial charge in [-0.3, -0.25) is 9.69 Å². The lowest BCUT2D eigenvalue weighted by atomic mass is 10.2. The van der Waals surface area contributed by atoms with E-state index in [1.807, 2.05) is 6.92 Å². The van der Waals surface area contributed by atoms with Crippen molar-refractivity contribution in [3.63, 3.8) is 0 Å². The average Bonchev–Trinajstić information content (AvgIpc) is 2.40. The van der Waals surface area contributed by atoms with Gasteiger partial charge in [0.1, 0.15) is 5.75 Å². The van der Waals surface area contributed by atoms with Gasteiger partial charge in [-0.2, -0.15) is 0 Å². The number of carbonyl (C=O) groups excluding carboxylic acids is 1. The molecule has 0 radical (unpaired) electrons. The van der Waals surface area contributed by atoms with Crippen molar-refractivity contribution in [3.8, 4) is 5.75 Å². The Hall–Kier alpha value is -1.59. The third-order valence-electron chi connectivity index (χ3n) is 3.14. The van der Waals surface area contributed by atoms with E-state index in [0.29, 0.717) is 5.56 Å². The van der Waals surface area contributed by atoms with Gasteiger partial charge in [-0.25, -0.2) is 0 Å². The average molecular weight is 264 g/mol. The van der Waals surface area contributed by atoms with Crippen molar-refractivity contribution in [2.75, 3.05) is 32.8 Å². The number of amides is 1. The Balaban J connectivity index is 1.82. The van der Waals surface area contributed by atoms with Crippen LogP contribution >= 0.6 is 0 Å². The Morgan fingerprint density at radius 3 is 2.63 bits per heavy atom. The standard InChI is InChI=1S/C14H20N2O3/c1-11(10-16-6-8-19-9-7-16)15-14(18)12-2-4-13(17)5-3-12/h2-5,11,17H,6-10H2,1H3,(H,15,18). The van der Waals surface area contributed by atoms with Crippen LogP contribution in [0.3, 0.4) is 0 Å². The Morgan fingerprint density at radius 2 is 2.00 bits per heavy atom. The fourth-order valence-electron chi connectivity index (χ4n) is 2.14. The maximum atomic E-state index is 12.0. The first-order valence-electron chi connectivity index (χ1n) is 6.55. The summed E-state index contributed by atoms with van der Waals surface area (Å²) in [6.07, 6.45) is 0. The Kier molecular flexibility index (Phi) is 4.76. The van der Waals surface area contributed by atoms with Crippen LogP contribution in [0.5, 0.6) is 5.75 Å². The fraction of sp³-hybridized carbons (Fsp3) is 0.500. The summed E-state index contributed by atoms with van der Waals surface area (Å²) in [5.41, 5.74) is 0.562. The molecular formula is C14H20N2O3. The fourth-order valence-corrected chi connectivity index (χ4v) is 2.14. The molecule has 2 rings (SSSR count). The number of carbonyl (C=O) groups is 1. The molecule has 1 aromatic rings. The number of nitrogens with one attached hydrogen (secondary N) is 1. The number of morpholine rings is 1. The molecular weight excluding hydrogens is 244 g/mol. The lowest BCUT2D eigenvalue weighted by Crippen LogP contribution is -2.46. The SMILES string of the molecule is CC(CN1CCOCC1)NC(=O)c1ccc(O)cc1. The van der Waals surface area contributed by atoms with Crippen LogP contribution in [0.4, 0.5) is 0 Å². The van der Waals surface area contributed by atoms with Gasteiger partial charge in [-0.15, -0.1) is 0 Å². The van der Waals surface area contributed by atoms with Gasteiger partial charge in [-0.05, 0) is 31.2 Å². The van der Waals surface area contributed by atoms with Crippen molar-refractivity contribution in [2.24, 2.45) is 0 Å². The third-order valence-corrected chi connectivity index (χ3v) is 3.14. The summed E-state index contributed by atoms with van der Waals surface area (Å²) in [5.74, 6) is 0.0543. The molecule has 2 N–H and O–H groups in total. The molecule has 1 heterocycles. The highest BCUT2D eigenvalue weighted by Gasteiger charge is 2.15. The van der Waals surface area contributed by atoms with Gasteiger partial charge in [0.15, 0.2) is 0 Å². The van der Waals surface area contributed by atoms with E-state index in [1.54, 1.807) is 12.1 Å². The van der Waals surface area contributed by atoms with Crippen LogP contribution in [0, 0.1) is 0 Å². The number of aromatic hydroxyl groups is 1. The number of hydrogen-bond acceptors (Lipinski definition) is 4. The van der Waals surface area contributed by atoms with Crippen molar-refractivity contribution in [1.82, 2.24) is 10.2 Å². The Labute approximate surface area is 113 Å². The van der Waals surface area contributed by atoms with Gasteiger partial charge in [0.05, 0.1) is 13.2 Å². The quantitative estimate of drug-likeness (QED) is 0.846. The molecule has 1 aromatic carbocycles. The number of ether oxygens (including phenoxy) is 1. The van der Waals surface area contributed by atoms with Crippen molar-refractivity contribution < 1.29 is 14.6 Å². The smallest absolute Gasteiger partial charge is 0.251 e. The molecule has 1 aliphatic heterocycles. The van der Waals surface area contributed by atoms with Crippen molar-refractivity contribution in [1.29, 1.82) is 0 Å². The molecule has 1 aliphatic rings. The van der Waals surface area contributed by atoms with Gasteiger partial charge in [0.2, 0.25) is 0 Å². The summed E-state index contributed by atoms with van der Waals surface area (Å²) in [6, 6.07) is 6.35. The minimum absolute atomic E-state index is 0.0828. The predicted octanol–water partition coefficient (Wildman–Crippen LogP) is 0.843. The van der Waals surface area contributed by atoms with Crippen LogP contribution in [0.25, 0.3) is 0 Å². The monoisotopic (exact) mass is 264 g/mol. The molecule has 5 nitrogen and oxygen atoms in total. The molecule has 19 heavy (non-hydrogen) atoms. The number of nitrogens with zero attached hydrogens (tertiary/aromatic N) is 1. The zero-order chi connectivity index (χ0) is 13.7. The molecule has 1 atom stereocenters. The molecule has 0 saturated carbocycles. The van der Waals surface area contributed by atoms with E-state index >= 15 is 0 Å². The number of benzene rings is 1. The van der Waals surface area contributed by atoms with Gasteiger partial charge in [0.25, 0.3) is 5.91 Å². The van der Waals surface area contributed by atoms with Crippen LogP contribution in [0.15, 0.2) is 24.3 Å². The second kappa shape index (κ2) is 6.54. The molecule has 1 fully saturated rings. The van der Waals surface area contributed by atoms with E-state index in [4.69, 9.17) is 4.74 Å². The van der Waals surface area contributed by atoms with E-state index in [-0.39, 0.29) is 17.7 Å². The first-order valence-corrected chi connectivity index (χ1v) is 6.55. The second-order valence-electron chi connectivity index (χ2n) is 4.83. The van der Waals surface area contributed by atoms with Gasteiger partial charge < -0.3 is 15.2 Å². The molecule has 1 unspecified atom stereocenters. The maximum Gasteiger partial charge on any atom is 0.251 e. The van der Waals surface area contributed by atoms with Crippen molar-refractivity contribution >= 4 is 5.91 Å². The van der Waals surface area contributed by atoms with Crippen LogP contribution in [0.1, 0.15) is 17.3 Å². The van der Waals surface area contributed by atoms with Gasteiger partial charge in [-0.1, -0.05) is 0 Å². The maximum absolute atomic E-state index is 12.0. The molecule has 1 amide bonds. The largest absolute Gasteiger partial charge is 0.508 e. The summed E-state index contributed by atoms with van der Waals surface area (Å²) in [4.78, 5) is 14.3. The highest BCUT2D eigenvalue weighted by molar-refractivity contribution is 5.94. The molecule has 0 aliphatic carbocycles. The zero-order valence-corrected chi connectivity index (χ0v) is 11.1. The second-order valence-corrected chi connectivity index (χ2v) is 4.83. The summed E-state index contributed by atoms with van der Waals surface area (Å²) in [5, 5.41) is 12.1. The van der Waals surface area contributed by atoms with Gasteiger partial charge >= 0.3 is 0 Å². The van der Waals surface area contributed by atoms with E-state index in [0.717, 1.165) is 32.8 Å². The normalized spacial score (nSPS) is 17.9. The minimum atomic E-state index is -0.110. The molecule has 0 aromatic heterocycles. The van der Waals surface area contributed by atoms with Crippen LogP contribution in [-0.2, 0) is 4.74 Å². The lowest BCUT2D eigenvalue weighted by Gasteiger charge is -2.29. The van der Waals surface area contributed by atoms with Crippen molar-refractivity contribution in [2.45, 2.75) is 13.0 Å². The van der Waals surface area contributed by atoms with E-state index in [2.05, 4.69) is 10.2 Å². The van der Waals surface area contributed by atoms with Crippen LogP contribution in [0.2, 0.25) is 0 Å². The highest BCUT2D eigenvalue weighted by atomic mass is 16.5. The Bertz CT molecular complexity index is 413.